The highest BCUT2D eigenvalue weighted by Gasteiger charge is 2.23. The van der Waals surface area contributed by atoms with Gasteiger partial charge >= 0.3 is 0 Å². The molecular weight excluding hydrogens is 392 g/mol. The van der Waals surface area contributed by atoms with E-state index in [9.17, 15) is 0 Å². The number of aromatic nitrogens is 3. The molecule has 0 N–H and O–H groups in total. The van der Waals surface area contributed by atoms with Crippen LogP contribution in [0.2, 0.25) is 0 Å². The molecular formula is C20H15BrN4O. The number of nitriles is 1. The van der Waals surface area contributed by atoms with Gasteiger partial charge in [-0.1, -0.05) is 18.2 Å². The average molecular weight is 407 g/mol. The van der Waals surface area contributed by atoms with E-state index in [1.54, 1.807) is 6.33 Å². The lowest BCUT2D eigenvalue weighted by Gasteiger charge is -2.20. The first-order valence-corrected chi connectivity index (χ1v) is 8.91. The fourth-order valence-corrected chi connectivity index (χ4v) is 3.67. The van der Waals surface area contributed by atoms with Crippen molar-refractivity contribution < 1.29 is 4.42 Å². The first-order valence-electron chi connectivity index (χ1n) is 8.12. The van der Waals surface area contributed by atoms with Crippen molar-refractivity contribution in [3.63, 3.8) is 0 Å². The van der Waals surface area contributed by atoms with E-state index in [-0.39, 0.29) is 6.04 Å². The number of rotatable bonds is 3. The molecule has 0 spiro atoms. The Morgan fingerprint density at radius 2 is 1.92 bits per heavy atom. The van der Waals surface area contributed by atoms with Crippen LogP contribution >= 0.6 is 15.9 Å². The van der Waals surface area contributed by atoms with Gasteiger partial charge < -0.3 is 4.42 Å². The van der Waals surface area contributed by atoms with E-state index in [1.165, 1.54) is 6.33 Å². The number of benzene rings is 2. The smallest absolute Gasteiger partial charge is 0.149 e. The monoisotopic (exact) mass is 406 g/mol. The van der Waals surface area contributed by atoms with Gasteiger partial charge in [-0.2, -0.15) is 10.4 Å². The van der Waals surface area contributed by atoms with Crippen molar-refractivity contribution in [3.8, 4) is 6.07 Å². The minimum atomic E-state index is -0.170. The zero-order chi connectivity index (χ0) is 18.3. The number of fused-ring (bicyclic) bond motifs is 1. The van der Waals surface area contributed by atoms with E-state index in [0.29, 0.717) is 5.56 Å². The molecule has 4 rings (SSSR count). The highest BCUT2D eigenvalue weighted by Crippen LogP contribution is 2.39. The Morgan fingerprint density at radius 3 is 2.58 bits per heavy atom. The van der Waals surface area contributed by atoms with Crippen molar-refractivity contribution in [2.75, 3.05) is 0 Å². The number of nitrogens with zero attached hydrogens (tertiary/aromatic N) is 4. The second kappa shape index (κ2) is 6.43. The zero-order valence-electron chi connectivity index (χ0n) is 14.3. The van der Waals surface area contributed by atoms with E-state index < -0.39 is 0 Å². The van der Waals surface area contributed by atoms with Crippen molar-refractivity contribution in [2.24, 2.45) is 0 Å². The van der Waals surface area contributed by atoms with Gasteiger partial charge in [0.1, 0.15) is 30.0 Å². The highest BCUT2D eigenvalue weighted by atomic mass is 79.9. The van der Waals surface area contributed by atoms with Gasteiger partial charge in [-0.25, -0.2) is 9.67 Å². The van der Waals surface area contributed by atoms with Gasteiger partial charge in [-0.05, 0) is 64.7 Å². The molecule has 0 bridgehead atoms. The van der Waals surface area contributed by atoms with E-state index >= 15 is 0 Å². The minimum Gasteiger partial charge on any atom is -0.460 e. The summed E-state index contributed by atoms with van der Waals surface area (Å²) in [5, 5.41) is 14.5. The Morgan fingerprint density at radius 1 is 1.15 bits per heavy atom. The van der Waals surface area contributed by atoms with Gasteiger partial charge in [0.05, 0.1) is 16.1 Å². The topological polar surface area (TPSA) is 67.6 Å². The van der Waals surface area contributed by atoms with Gasteiger partial charge in [0.25, 0.3) is 0 Å². The summed E-state index contributed by atoms with van der Waals surface area (Å²) in [4.78, 5) is 4.12. The van der Waals surface area contributed by atoms with Crippen molar-refractivity contribution in [2.45, 2.75) is 19.9 Å². The molecule has 2 aromatic heterocycles. The number of halogens is 1. The Hall–Kier alpha value is -2.91. The van der Waals surface area contributed by atoms with Crippen LogP contribution in [-0.2, 0) is 0 Å². The molecule has 1 atom stereocenters. The molecule has 2 aromatic carbocycles. The predicted molar refractivity (Wildman–Crippen MR) is 102 cm³/mol. The zero-order valence-corrected chi connectivity index (χ0v) is 15.9. The largest absolute Gasteiger partial charge is 0.460 e. The van der Waals surface area contributed by atoms with Crippen molar-refractivity contribution in [1.82, 2.24) is 14.8 Å². The standard InChI is InChI=1S/C20H15BrN4O/c1-12-13(2)26-20-17(21)8-7-16(18(12)20)19(25-11-23-10-24-25)15-5-3-14(9-22)4-6-15/h3-8,10-11,19H,1-2H3. The molecule has 0 aliphatic rings. The predicted octanol–water partition coefficient (Wildman–Crippen LogP) is 4.91. The molecule has 0 saturated heterocycles. The number of hydrogen-bond acceptors (Lipinski definition) is 4. The SMILES string of the molecule is Cc1oc2c(Br)ccc(C(c3ccc(C#N)cc3)n3cncn3)c2c1C. The van der Waals surface area contributed by atoms with Crippen LogP contribution in [0.4, 0.5) is 0 Å². The Labute approximate surface area is 159 Å². The molecule has 0 saturated carbocycles. The lowest BCUT2D eigenvalue weighted by atomic mass is 9.93. The second-order valence-electron chi connectivity index (χ2n) is 6.14. The van der Waals surface area contributed by atoms with Crippen LogP contribution in [0.3, 0.4) is 0 Å². The van der Waals surface area contributed by atoms with Gasteiger partial charge in [-0.3, -0.25) is 0 Å². The summed E-state index contributed by atoms with van der Waals surface area (Å²) in [6, 6.07) is 13.6. The number of hydrogen-bond donors (Lipinski definition) is 0. The minimum absolute atomic E-state index is 0.170. The van der Waals surface area contributed by atoms with Crippen LogP contribution in [0.25, 0.3) is 11.0 Å². The molecule has 4 aromatic rings. The Balaban J connectivity index is 2.00. The first-order chi connectivity index (χ1) is 12.6. The summed E-state index contributed by atoms with van der Waals surface area (Å²) in [7, 11) is 0. The summed E-state index contributed by atoms with van der Waals surface area (Å²) in [5.41, 5.74) is 4.66. The molecule has 2 heterocycles. The van der Waals surface area contributed by atoms with Crippen LogP contribution in [-0.4, -0.2) is 14.8 Å². The quantitative estimate of drug-likeness (QED) is 0.484. The van der Waals surface area contributed by atoms with E-state index in [0.717, 1.165) is 37.9 Å². The lowest BCUT2D eigenvalue weighted by molar-refractivity contribution is 0.572. The van der Waals surface area contributed by atoms with Gasteiger partial charge in [-0.15, -0.1) is 0 Å². The van der Waals surface area contributed by atoms with Gasteiger partial charge in [0.15, 0.2) is 0 Å². The molecule has 26 heavy (non-hydrogen) atoms. The maximum Gasteiger partial charge on any atom is 0.149 e. The van der Waals surface area contributed by atoms with Crippen LogP contribution in [0, 0.1) is 25.2 Å². The third-order valence-corrected chi connectivity index (χ3v) is 5.28. The van der Waals surface area contributed by atoms with E-state index in [4.69, 9.17) is 9.68 Å². The fraction of sp³-hybridized carbons (Fsp3) is 0.150. The molecule has 0 fully saturated rings. The fourth-order valence-electron chi connectivity index (χ4n) is 3.26. The summed E-state index contributed by atoms with van der Waals surface area (Å²) < 4.78 is 8.72. The molecule has 0 aliphatic heterocycles. The molecule has 0 amide bonds. The number of aryl methyl sites for hydroxylation is 2. The molecule has 1 unspecified atom stereocenters. The lowest BCUT2D eigenvalue weighted by Crippen LogP contribution is -2.13. The average Bonchev–Trinajstić information content (AvgIpc) is 3.28. The normalized spacial score (nSPS) is 12.2. The van der Waals surface area contributed by atoms with E-state index in [1.807, 2.05) is 41.9 Å². The second-order valence-corrected chi connectivity index (χ2v) is 6.99. The van der Waals surface area contributed by atoms with E-state index in [2.05, 4.69) is 45.1 Å². The summed E-state index contributed by atoms with van der Waals surface area (Å²) in [6.45, 7) is 4.03. The molecule has 0 aliphatic carbocycles. The van der Waals surface area contributed by atoms with Crippen LogP contribution in [0.15, 0.2) is 57.9 Å². The first kappa shape index (κ1) is 16.6. The van der Waals surface area contributed by atoms with Crippen molar-refractivity contribution in [1.29, 1.82) is 5.26 Å². The van der Waals surface area contributed by atoms with Crippen molar-refractivity contribution >= 4 is 26.9 Å². The Bertz CT molecular complexity index is 1120. The summed E-state index contributed by atoms with van der Waals surface area (Å²) in [5.74, 6) is 0.894. The van der Waals surface area contributed by atoms with Crippen LogP contribution in [0.5, 0.6) is 0 Å². The third kappa shape index (κ3) is 2.61. The van der Waals surface area contributed by atoms with Gasteiger partial charge in [0.2, 0.25) is 0 Å². The third-order valence-electron chi connectivity index (χ3n) is 4.65. The highest BCUT2D eigenvalue weighted by molar-refractivity contribution is 9.10. The van der Waals surface area contributed by atoms with Crippen LogP contribution in [0.1, 0.15) is 34.1 Å². The number of furan rings is 1. The van der Waals surface area contributed by atoms with Crippen LogP contribution < -0.4 is 0 Å². The molecule has 0 radical (unpaired) electrons. The molecule has 6 heteroatoms. The molecule has 5 nitrogen and oxygen atoms in total. The summed E-state index contributed by atoms with van der Waals surface area (Å²) in [6.07, 6.45) is 3.24. The molecule has 128 valence electrons. The maximum absolute atomic E-state index is 9.08. The Kier molecular flexibility index (Phi) is 4.09. The van der Waals surface area contributed by atoms with Crippen molar-refractivity contribution in [3.05, 3.63) is 81.5 Å². The summed E-state index contributed by atoms with van der Waals surface area (Å²) >= 11 is 3.59. The maximum atomic E-state index is 9.08. The van der Waals surface area contributed by atoms with Gasteiger partial charge in [0, 0.05) is 5.39 Å².